The zero-order chi connectivity index (χ0) is 18.7. The summed E-state index contributed by atoms with van der Waals surface area (Å²) in [5, 5.41) is 0. The van der Waals surface area contributed by atoms with E-state index in [0.29, 0.717) is 12.1 Å². The lowest BCUT2D eigenvalue weighted by Gasteiger charge is -2.33. The van der Waals surface area contributed by atoms with E-state index in [1.165, 1.54) is 36.4 Å². The van der Waals surface area contributed by atoms with Crippen LogP contribution in [0.3, 0.4) is 0 Å². The molecule has 1 amide bonds. The molecule has 1 heterocycles. The molecule has 1 fully saturated rings. The van der Waals surface area contributed by atoms with Gasteiger partial charge < -0.3 is 4.90 Å². The minimum Gasteiger partial charge on any atom is -0.336 e. The standard InChI is InChI=1S/C19H21FN2O3S/c1-14-7-4-5-12-22(14)19(23)15-8-6-9-16(13-15)26(24,25)21-18-11-3-2-10-17(18)20/h2-3,6,8-11,13-14,21H,4-5,7,12H2,1H3. The van der Waals surface area contributed by atoms with Gasteiger partial charge >= 0.3 is 0 Å². The van der Waals surface area contributed by atoms with Gasteiger partial charge in [-0.05, 0) is 56.5 Å². The van der Waals surface area contributed by atoms with Crippen LogP contribution in [0.1, 0.15) is 36.5 Å². The molecule has 138 valence electrons. The summed E-state index contributed by atoms with van der Waals surface area (Å²) in [6.07, 6.45) is 2.98. The number of likely N-dealkylation sites (tertiary alicyclic amines) is 1. The first-order chi connectivity index (χ1) is 12.4. The van der Waals surface area contributed by atoms with E-state index in [9.17, 15) is 17.6 Å². The summed E-state index contributed by atoms with van der Waals surface area (Å²) < 4.78 is 41.1. The Morgan fingerprint density at radius 3 is 2.65 bits per heavy atom. The lowest BCUT2D eigenvalue weighted by Crippen LogP contribution is -2.42. The molecule has 1 aliphatic rings. The van der Waals surface area contributed by atoms with Gasteiger partial charge in [0.1, 0.15) is 5.82 Å². The van der Waals surface area contributed by atoms with E-state index in [1.807, 2.05) is 6.92 Å². The summed E-state index contributed by atoms with van der Waals surface area (Å²) in [7, 11) is -4.00. The Hall–Kier alpha value is -2.41. The molecule has 0 spiro atoms. The van der Waals surface area contributed by atoms with Gasteiger partial charge in [0, 0.05) is 18.2 Å². The van der Waals surface area contributed by atoms with Crippen molar-refractivity contribution >= 4 is 21.6 Å². The Labute approximate surface area is 152 Å². The van der Waals surface area contributed by atoms with Crippen LogP contribution in [-0.2, 0) is 10.0 Å². The second-order valence-electron chi connectivity index (χ2n) is 6.46. The zero-order valence-electron chi connectivity index (χ0n) is 14.5. The van der Waals surface area contributed by atoms with Crippen LogP contribution in [0.2, 0.25) is 0 Å². The van der Waals surface area contributed by atoms with Crippen molar-refractivity contribution < 1.29 is 17.6 Å². The van der Waals surface area contributed by atoms with E-state index < -0.39 is 15.8 Å². The third kappa shape index (κ3) is 3.88. The van der Waals surface area contributed by atoms with E-state index in [-0.39, 0.29) is 22.5 Å². The number of carbonyl (C=O) groups excluding carboxylic acids is 1. The minimum absolute atomic E-state index is 0.0729. The average Bonchev–Trinajstić information content (AvgIpc) is 2.63. The summed E-state index contributed by atoms with van der Waals surface area (Å²) in [5.41, 5.74) is 0.184. The number of nitrogens with zero attached hydrogens (tertiary/aromatic N) is 1. The van der Waals surface area contributed by atoms with Crippen LogP contribution in [0, 0.1) is 5.82 Å². The normalized spacial score (nSPS) is 17.8. The fourth-order valence-electron chi connectivity index (χ4n) is 3.11. The van der Waals surface area contributed by atoms with Gasteiger partial charge in [-0.2, -0.15) is 0 Å². The van der Waals surface area contributed by atoms with E-state index in [2.05, 4.69) is 4.72 Å². The number of para-hydroxylation sites is 1. The van der Waals surface area contributed by atoms with Crippen LogP contribution in [-0.4, -0.2) is 31.8 Å². The molecule has 26 heavy (non-hydrogen) atoms. The number of piperidine rings is 1. The van der Waals surface area contributed by atoms with E-state index in [1.54, 1.807) is 17.0 Å². The highest BCUT2D eigenvalue weighted by Gasteiger charge is 2.25. The second-order valence-corrected chi connectivity index (χ2v) is 8.14. The fourth-order valence-corrected chi connectivity index (χ4v) is 4.22. The summed E-state index contributed by atoms with van der Waals surface area (Å²) in [4.78, 5) is 14.5. The Morgan fingerprint density at radius 1 is 1.15 bits per heavy atom. The van der Waals surface area contributed by atoms with Gasteiger partial charge in [-0.15, -0.1) is 0 Å². The number of anilines is 1. The highest BCUT2D eigenvalue weighted by Crippen LogP contribution is 2.22. The third-order valence-electron chi connectivity index (χ3n) is 4.57. The number of hydrogen-bond donors (Lipinski definition) is 1. The van der Waals surface area contributed by atoms with Gasteiger partial charge in [-0.1, -0.05) is 18.2 Å². The molecular formula is C19H21FN2O3S. The van der Waals surface area contributed by atoms with Crippen LogP contribution in [0.15, 0.2) is 53.4 Å². The van der Waals surface area contributed by atoms with E-state index in [4.69, 9.17) is 0 Å². The molecular weight excluding hydrogens is 355 g/mol. The molecule has 5 nitrogen and oxygen atoms in total. The number of amides is 1. The Bertz CT molecular complexity index is 915. The van der Waals surface area contributed by atoms with Gasteiger partial charge in [0.25, 0.3) is 15.9 Å². The zero-order valence-corrected chi connectivity index (χ0v) is 15.3. The van der Waals surface area contributed by atoms with Crippen molar-refractivity contribution in [3.63, 3.8) is 0 Å². The number of nitrogens with one attached hydrogen (secondary N) is 1. The van der Waals surface area contributed by atoms with Crippen molar-refractivity contribution in [2.45, 2.75) is 37.1 Å². The number of carbonyl (C=O) groups is 1. The maximum Gasteiger partial charge on any atom is 0.262 e. The lowest BCUT2D eigenvalue weighted by molar-refractivity contribution is 0.0635. The predicted octanol–water partition coefficient (Wildman–Crippen LogP) is 3.64. The third-order valence-corrected chi connectivity index (χ3v) is 5.94. The van der Waals surface area contributed by atoms with Crippen LogP contribution in [0.25, 0.3) is 0 Å². The summed E-state index contributed by atoms with van der Waals surface area (Å²) >= 11 is 0. The van der Waals surface area contributed by atoms with Crippen molar-refractivity contribution in [2.24, 2.45) is 0 Å². The minimum atomic E-state index is -4.00. The SMILES string of the molecule is CC1CCCCN1C(=O)c1cccc(S(=O)(=O)Nc2ccccc2F)c1. The number of benzene rings is 2. The van der Waals surface area contributed by atoms with Crippen LogP contribution >= 0.6 is 0 Å². The van der Waals surface area contributed by atoms with Crippen LogP contribution in [0.5, 0.6) is 0 Å². The first-order valence-electron chi connectivity index (χ1n) is 8.57. The molecule has 7 heteroatoms. The quantitative estimate of drug-likeness (QED) is 0.886. The Balaban J connectivity index is 1.86. The molecule has 3 rings (SSSR count). The molecule has 2 aromatic rings. The lowest BCUT2D eigenvalue weighted by atomic mass is 10.0. The van der Waals surface area contributed by atoms with E-state index in [0.717, 1.165) is 19.3 Å². The highest BCUT2D eigenvalue weighted by molar-refractivity contribution is 7.92. The molecule has 0 aliphatic carbocycles. The number of sulfonamides is 1. The fraction of sp³-hybridized carbons (Fsp3) is 0.316. The van der Waals surface area contributed by atoms with Crippen molar-refractivity contribution in [3.8, 4) is 0 Å². The van der Waals surface area contributed by atoms with Gasteiger partial charge in [-0.3, -0.25) is 9.52 Å². The molecule has 0 radical (unpaired) electrons. The maximum absolute atomic E-state index is 13.7. The van der Waals surface area contributed by atoms with Crippen molar-refractivity contribution in [3.05, 3.63) is 59.9 Å². The molecule has 1 saturated heterocycles. The van der Waals surface area contributed by atoms with Crippen molar-refractivity contribution in [1.29, 1.82) is 0 Å². The summed E-state index contributed by atoms with van der Waals surface area (Å²) in [6, 6.07) is 11.5. The molecule has 0 aromatic heterocycles. The topological polar surface area (TPSA) is 66.5 Å². The summed E-state index contributed by atoms with van der Waals surface area (Å²) in [5.74, 6) is -0.842. The molecule has 1 unspecified atom stereocenters. The number of halogens is 1. The predicted molar refractivity (Wildman–Crippen MR) is 98.0 cm³/mol. The van der Waals surface area contributed by atoms with Gasteiger partial charge in [0.15, 0.2) is 0 Å². The first-order valence-corrected chi connectivity index (χ1v) is 10.1. The first kappa shape index (κ1) is 18.4. The smallest absolute Gasteiger partial charge is 0.262 e. The van der Waals surface area contributed by atoms with Gasteiger partial charge in [-0.25, -0.2) is 12.8 Å². The van der Waals surface area contributed by atoms with Crippen molar-refractivity contribution in [1.82, 2.24) is 4.90 Å². The highest BCUT2D eigenvalue weighted by atomic mass is 32.2. The molecule has 0 bridgehead atoms. The van der Waals surface area contributed by atoms with E-state index >= 15 is 0 Å². The molecule has 1 atom stereocenters. The molecule has 1 aliphatic heterocycles. The Kier molecular flexibility index (Phi) is 5.27. The van der Waals surface area contributed by atoms with Crippen LogP contribution < -0.4 is 4.72 Å². The maximum atomic E-state index is 13.7. The van der Waals surface area contributed by atoms with Gasteiger partial charge in [0.2, 0.25) is 0 Å². The molecule has 2 aromatic carbocycles. The second kappa shape index (κ2) is 7.45. The largest absolute Gasteiger partial charge is 0.336 e. The number of hydrogen-bond acceptors (Lipinski definition) is 3. The Morgan fingerprint density at radius 2 is 1.92 bits per heavy atom. The van der Waals surface area contributed by atoms with Gasteiger partial charge in [0.05, 0.1) is 10.6 Å². The van der Waals surface area contributed by atoms with Crippen LogP contribution in [0.4, 0.5) is 10.1 Å². The summed E-state index contributed by atoms with van der Waals surface area (Å²) in [6.45, 7) is 2.67. The molecule has 0 saturated carbocycles. The van der Waals surface area contributed by atoms with Crippen molar-refractivity contribution in [2.75, 3.05) is 11.3 Å². The number of rotatable bonds is 4. The monoisotopic (exact) mass is 376 g/mol. The molecule has 1 N–H and O–H groups in total. The average molecular weight is 376 g/mol.